The standard InChI is InChI=1S/C19H21N/c1-3-15-13-17-11-7-8-12-18(17)19(15)20-14(2)16-9-5-4-6-10-16/h3-12,14-15,19-20H,1,13H2,2H3/t14-,15?,19?/m1/s1. The normalized spacial score (nSPS) is 22.2. The number of nitrogens with one attached hydrogen (secondary N) is 1. The van der Waals surface area contributed by atoms with Crippen LogP contribution in [-0.4, -0.2) is 0 Å². The van der Waals surface area contributed by atoms with E-state index in [0.29, 0.717) is 18.0 Å². The molecule has 0 saturated heterocycles. The van der Waals surface area contributed by atoms with Gasteiger partial charge in [0.05, 0.1) is 0 Å². The summed E-state index contributed by atoms with van der Waals surface area (Å²) in [4.78, 5) is 0. The molecule has 0 spiro atoms. The molecule has 0 radical (unpaired) electrons. The number of hydrogen-bond acceptors (Lipinski definition) is 1. The molecule has 1 nitrogen and oxygen atoms in total. The van der Waals surface area contributed by atoms with Crippen molar-refractivity contribution in [1.29, 1.82) is 0 Å². The van der Waals surface area contributed by atoms with Gasteiger partial charge in [-0.25, -0.2) is 0 Å². The molecule has 0 heterocycles. The highest BCUT2D eigenvalue weighted by Crippen LogP contribution is 2.38. The fourth-order valence-corrected chi connectivity index (χ4v) is 3.17. The Morgan fingerprint density at radius 2 is 1.80 bits per heavy atom. The maximum atomic E-state index is 4.02. The van der Waals surface area contributed by atoms with Crippen molar-refractivity contribution in [3.8, 4) is 0 Å². The number of rotatable bonds is 4. The first-order chi connectivity index (χ1) is 9.79. The number of hydrogen-bond donors (Lipinski definition) is 1. The number of fused-ring (bicyclic) bond motifs is 1. The molecule has 3 atom stereocenters. The molecule has 0 aromatic heterocycles. The lowest BCUT2D eigenvalue weighted by molar-refractivity contribution is 0.407. The largest absolute Gasteiger partial charge is 0.303 e. The van der Waals surface area contributed by atoms with Crippen LogP contribution in [0.1, 0.15) is 35.7 Å². The Balaban J connectivity index is 1.84. The molecule has 0 fully saturated rings. The van der Waals surface area contributed by atoms with Gasteiger partial charge in [-0.2, -0.15) is 0 Å². The van der Waals surface area contributed by atoms with Gasteiger partial charge in [0.1, 0.15) is 0 Å². The Bertz CT molecular complexity index is 588. The SMILES string of the molecule is C=CC1Cc2ccccc2C1N[C@H](C)c1ccccc1. The fraction of sp³-hybridized carbons (Fsp3) is 0.263. The van der Waals surface area contributed by atoms with Crippen LogP contribution >= 0.6 is 0 Å². The second kappa shape index (κ2) is 5.64. The van der Waals surface area contributed by atoms with E-state index in [1.165, 1.54) is 16.7 Å². The predicted octanol–water partition coefficient (Wildman–Crippen LogP) is 4.44. The minimum atomic E-state index is 0.342. The van der Waals surface area contributed by atoms with Gasteiger partial charge in [0.25, 0.3) is 0 Å². The lowest BCUT2D eigenvalue weighted by atomic mass is 9.98. The van der Waals surface area contributed by atoms with E-state index in [1.54, 1.807) is 0 Å². The molecule has 0 saturated carbocycles. The summed E-state index contributed by atoms with van der Waals surface area (Å²) in [6.07, 6.45) is 3.19. The van der Waals surface area contributed by atoms with Gasteiger partial charge in [0.2, 0.25) is 0 Å². The monoisotopic (exact) mass is 263 g/mol. The highest BCUT2D eigenvalue weighted by atomic mass is 15.0. The molecule has 1 heteroatoms. The second-order valence-electron chi connectivity index (χ2n) is 5.58. The summed E-state index contributed by atoms with van der Waals surface area (Å²) < 4.78 is 0. The van der Waals surface area contributed by atoms with Gasteiger partial charge in [-0.05, 0) is 30.0 Å². The van der Waals surface area contributed by atoms with Gasteiger partial charge in [0, 0.05) is 18.0 Å². The zero-order valence-electron chi connectivity index (χ0n) is 11.9. The van der Waals surface area contributed by atoms with E-state index in [4.69, 9.17) is 0 Å². The quantitative estimate of drug-likeness (QED) is 0.804. The van der Waals surface area contributed by atoms with E-state index in [9.17, 15) is 0 Å². The molecule has 1 aliphatic carbocycles. The Hall–Kier alpha value is -1.86. The third-order valence-corrected chi connectivity index (χ3v) is 4.31. The van der Waals surface area contributed by atoms with Gasteiger partial charge in [-0.1, -0.05) is 60.7 Å². The van der Waals surface area contributed by atoms with Crippen LogP contribution in [0.4, 0.5) is 0 Å². The summed E-state index contributed by atoms with van der Waals surface area (Å²) in [6, 6.07) is 20.1. The molecule has 1 aliphatic rings. The lowest BCUT2D eigenvalue weighted by Crippen LogP contribution is -2.27. The molecule has 2 aromatic carbocycles. The van der Waals surface area contributed by atoms with Crippen LogP contribution in [-0.2, 0) is 6.42 Å². The average Bonchev–Trinajstić information content (AvgIpc) is 2.86. The summed E-state index contributed by atoms with van der Waals surface area (Å²) >= 11 is 0. The highest BCUT2D eigenvalue weighted by Gasteiger charge is 2.30. The minimum absolute atomic E-state index is 0.342. The van der Waals surface area contributed by atoms with E-state index < -0.39 is 0 Å². The van der Waals surface area contributed by atoms with Gasteiger partial charge in [-0.15, -0.1) is 6.58 Å². The van der Waals surface area contributed by atoms with Crippen LogP contribution in [0.15, 0.2) is 67.3 Å². The van der Waals surface area contributed by atoms with Crippen LogP contribution in [0.2, 0.25) is 0 Å². The van der Waals surface area contributed by atoms with Crippen LogP contribution in [0, 0.1) is 5.92 Å². The van der Waals surface area contributed by atoms with E-state index in [0.717, 1.165) is 6.42 Å². The molecule has 2 aromatic rings. The van der Waals surface area contributed by atoms with Crippen molar-refractivity contribution >= 4 is 0 Å². The summed E-state index contributed by atoms with van der Waals surface area (Å²) in [5, 5.41) is 3.78. The Morgan fingerprint density at radius 1 is 1.10 bits per heavy atom. The fourth-order valence-electron chi connectivity index (χ4n) is 3.17. The molecule has 1 N–H and O–H groups in total. The Morgan fingerprint density at radius 3 is 2.55 bits per heavy atom. The Labute approximate surface area is 121 Å². The summed E-state index contributed by atoms with van der Waals surface area (Å²) in [5.74, 6) is 0.485. The van der Waals surface area contributed by atoms with Crippen molar-refractivity contribution in [1.82, 2.24) is 5.32 Å². The lowest BCUT2D eigenvalue weighted by Gasteiger charge is -2.24. The summed E-state index contributed by atoms with van der Waals surface area (Å²) in [7, 11) is 0. The maximum Gasteiger partial charge on any atom is 0.0394 e. The van der Waals surface area contributed by atoms with E-state index in [1.807, 2.05) is 0 Å². The smallest absolute Gasteiger partial charge is 0.0394 e. The first-order valence-electron chi connectivity index (χ1n) is 7.31. The van der Waals surface area contributed by atoms with Crippen molar-refractivity contribution in [3.63, 3.8) is 0 Å². The predicted molar refractivity (Wildman–Crippen MR) is 84.6 cm³/mol. The van der Waals surface area contributed by atoms with Crippen molar-refractivity contribution < 1.29 is 0 Å². The molecule has 0 aliphatic heterocycles. The highest BCUT2D eigenvalue weighted by molar-refractivity contribution is 5.37. The third kappa shape index (κ3) is 2.41. The van der Waals surface area contributed by atoms with Gasteiger partial charge < -0.3 is 5.32 Å². The van der Waals surface area contributed by atoms with Gasteiger partial charge in [0.15, 0.2) is 0 Å². The maximum absolute atomic E-state index is 4.02. The average molecular weight is 263 g/mol. The molecule has 3 rings (SSSR count). The topological polar surface area (TPSA) is 12.0 Å². The van der Waals surface area contributed by atoms with Crippen molar-refractivity contribution in [2.24, 2.45) is 5.92 Å². The Kier molecular flexibility index (Phi) is 3.70. The zero-order valence-corrected chi connectivity index (χ0v) is 11.9. The van der Waals surface area contributed by atoms with Crippen LogP contribution in [0.5, 0.6) is 0 Å². The molecular formula is C19H21N. The molecule has 0 bridgehead atoms. The summed E-state index contributed by atoms with van der Waals surface area (Å²) in [5.41, 5.74) is 4.22. The third-order valence-electron chi connectivity index (χ3n) is 4.31. The molecule has 2 unspecified atom stereocenters. The molecule has 102 valence electrons. The zero-order chi connectivity index (χ0) is 13.9. The van der Waals surface area contributed by atoms with Crippen molar-refractivity contribution in [3.05, 3.63) is 83.9 Å². The van der Waals surface area contributed by atoms with E-state index >= 15 is 0 Å². The minimum Gasteiger partial charge on any atom is -0.303 e. The molecule has 0 amide bonds. The second-order valence-corrected chi connectivity index (χ2v) is 5.58. The molecular weight excluding hydrogens is 242 g/mol. The summed E-state index contributed by atoms with van der Waals surface area (Å²) in [6.45, 7) is 6.25. The van der Waals surface area contributed by atoms with Gasteiger partial charge in [-0.3, -0.25) is 0 Å². The van der Waals surface area contributed by atoms with Crippen molar-refractivity contribution in [2.45, 2.75) is 25.4 Å². The van der Waals surface area contributed by atoms with Crippen molar-refractivity contribution in [2.75, 3.05) is 0 Å². The van der Waals surface area contributed by atoms with Crippen LogP contribution in [0.25, 0.3) is 0 Å². The van der Waals surface area contributed by atoms with Gasteiger partial charge >= 0.3 is 0 Å². The molecule has 20 heavy (non-hydrogen) atoms. The van der Waals surface area contributed by atoms with Crippen LogP contribution < -0.4 is 5.32 Å². The first-order valence-corrected chi connectivity index (χ1v) is 7.31. The first kappa shape index (κ1) is 13.1. The van der Waals surface area contributed by atoms with Crippen LogP contribution in [0.3, 0.4) is 0 Å². The van der Waals surface area contributed by atoms with E-state index in [-0.39, 0.29) is 0 Å². The van der Waals surface area contributed by atoms with E-state index in [2.05, 4.69) is 79.5 Å². The number of benzene rings is 2.